The number of hydrogen-bond donors (Lipinski definition) is 0. The van der Waals surface area contributed by atoms with E-state index in [0.717, 1.165) is 23.5 Å². The average molecular weight is 358 g/mol. The second-order valence-electron chi connectivity index (χ2n) is 1.75. The van der Waals surface area contributed by atoms with Crippen LogP contribution in [0.4, 0.5) is 0 Å². The first-order valence-corrected chi connectivity index (χ1v) is 4.54. The molecule has 0 saturated heterocycles. The molecule has 0 spiro atoms. The standard InChI is InChI=1S/C6H4O4S2.Ba.H2O/c7-4(8)3(5(9)10)6-11-1-2-12-6;;/h1-2H,(H,7,8)(H,9,10);;1H2/q;+2;/p-2. The monoisotopic (exact) mass is 358 g/mol. The summed E-state index contributed by atoms with van der Waals surface area (Å²) in [5.41, 5.74) is -0.782. The van der Waals surface area contributed by atoms with E-state index < -0.39 is 17.5 Å². The van der Waals surface area contributed by atoms with Crippen LogP contribution in [-0.4, -0.2) is 66.3 Å². The van der Waals surface area contributed by atoms with Crippen molar-refractivity contribution in [1.82, 2.24) is 0 Å². The molecule has 0 atom stereocenters. The zero-order valence-electron chi connectivity index (χ0n) is 6.81. The van der Waals surface area contributed by atoms with Gasteiger partial charge in [-0.3, -0.25) is 0 Å². The third-order valence-corrected chi connectivity index (χ3v) is 3.15. The van der Waals surface area contributed by atoms with Crippen LogP contribution in [0, 0.1) is 0 Å². The fraction of sp³-hybridized carbons (Fsp3) is 0. The van der Waals surface area contributed by atoms with E-state index in [1.807, 2.05) is 0 Å². The molecule has 1 aliphatic heterocycles. The van der Waals surface area contributed by atoms with Gasteiger partial charge in [0.05, 0.1) is 16.2 Å². The second kappa shape index (κ2) is 7.88. The molecule has 0 bridgehead atoms. The van der Waals surface area contributed by atoms with Crippen LogP contribution in [0.25, 0.3) is 0 Å². The summed E-state index contributed by atoms with van der Waals surface area (Å²) in [5, 5.41) is 23.7. The molecule has 0 saturated carbocycles. The van der Waals surface area contributed by atoms with E-state index >= 15 is 0 Å². The van der Waals surface area contributed by atoms with Gasteiger partial charge in [-0.25, -0.2) is 0 Å². The Kier molecular flexibility index (Phi) is 9.60. The van der Waals surface area contributed by atoms with Crippen LogP contribution in [-0.2, 0) is 9.59 Å². The summed E-state index contributed by atoms with van der Waals surface area (Å²) in [5.74, 6) is -3.43. The Hall–Kier alpha value is 0.651. The van der Waals surface area contributed by atoms with Crippen LogP contribution in [0.15, 0.2) is 20.6 Å². The van der Waals surface area contributed by atoms with E-state index in [1.54, 1.807) is 10.8 Å². The molecule has 0 amide bonds. The molecule has 1 rings (SSSR count). The quantitative estimate of drug-likeness (QED) is 0.233. The smallest absolute Gasteiger partial charge is 0.545 e. The molecule has 8 heteroatoms. The van der Waals surface area contributed by atoms with Gasteiger partial charge in [0.25, 0.3) is 0 Å². The fourth-order valence-electron chi connectivity index (χ4n) is 0.575. The molecule has 0 aromatic carbocycles. The van der Waals surface area contributed by atoms with Gasteiger partial charge in [0.2, 0.25) is 0 Å². The molecule has 0 radical (unpaired) electrons. The third kappa shape index (κ3) is 4.45. The Morgan fingerprint density at radius 2 is 1.43 bits per heavy atom. The van der Waals surface area contributed by atoms with Crippen LogP contribution < -0.4 is 10.2 Å². The molecular weight excluding hydrogens is 354 g/mol. The van der Waals surface area contributed by atoms with Gasteiger partial charge >= 0.3 is 48.9 Å². The van der Waals surface area contributed by atoms with Gasteiger partial charge < -0.3 is 25.3 Å². The summed E-state index contributed by atoms with van der Waals surface area (Å²) in [6, 6.07) is 0. The Bertz CT molecular complexity index is 273. The van der Waals surface area contributed by atoms with Crippen molar-refractivity contribution in [3.63, 3.8) is 0 Å². The Morgan fingerprint density at radius 1 is 1.07 bits per heavy atom. The predicted molar refractivity (Wildman–Crippen MR) is 50.7 cm³/mol. The number of thioether (sulfide) groups is 2. The fourth-order valence-corrected chi connectivity index (χ4v) is 2.39. The first-order valence-electron chi connectivity index (χ1n) is 2.78. The van der Waals surface area contributed by atoms with Crippen molar-refractivity contribution in [1.29, 1.82) is 0 Å². The van der Waals surface area contributed by atoms with E-state index in [9.17, 15) is 19.8 Å². The van der Waals surface area contributed by atoms with Crippen LogP contribution in [0.1, 0.15) is 0 Å². The van der Waals surface area contributed by atoms with Crippen LogP contribution in [0.3, 0.4) is 0 Å². The number of carbonyl (C=O) groups excluding carboxylic acids is 2. The summed E-state index contributed by atoms with van der Waals surface area (Å²) in [6.45, 7) is 0. The zero-order chi connectivity index (χ0) is 9.14. The number of carboxylic acids is 2. The number of carbonyl (C=O) groups is 2. The number of carboxylic acid groups (broad SMARTS) is 2. The maximum atomic E-state index is 10.3. The average Bonchev–Trinajstić information content (AvgIpc) is 2.37. The molecule has 0 aromatic rings. The summed E-state index contributed by atoms with van der Waals surface area (Å²) in [4.78, 5) is 20.6. The van der Waals surface area contributed by atoms with Gasteiger partial charge in [0.15, 0.2) is 0 Å². The molecule has 0 aliphatic carbocycles. The maximum absolute atomic E-state index is 10.3. The first-order chi connectivity index (χ1) is 5.63. The van der Waals surface area contributed by atoms with Crippen LogP contribution in [0.5, 0.6) is 0 Å². The molecule has 0 unspecified atom stereocenters. The molecule has 0 fully saturated rings. The van der Waals surface area contributed by atoms with Crippen molar-refractivity contribution in [3.05, 3.63) is 20.6 Å². The first kappa shape index (κ1) is 17.1. The Balaban J connectivity index is 0. The Morgan fingerprint density at radius 3 is 1.71 bits per heavy atom. The summed E-state index contributed by atoms with van der Waals surface area (Å²) in [6.07, 6.45) is 0. The van der Waals surface area contributed by atoms with Crippen molar-refractivity contribution in [2.75, 3.05) is 0 Å². The van der Waals surface area contributed by atoms with Gasteiger partial charge in [0.1, 0.15) is 0 Å². The second-order valence-corrected chi connectivity index (χ2v) is 3.84. The van der Waals surface area contributed by atoms with Gasteiger partial charge in [-0.2, -0.15) is 0 Å². The number of rotatable bonds is 2. The molecular formula is C6H4BaO5S2. The Labute approximate surface area is 128 Å². The van der Waals surface area contributed by atoms with E-state index in [4.69, 9.17) is 0 Å². The minimum atomic E-state index is -1.71. The summed E-state index contributed by atoms with van der Waals surface area (Å²) in [7, 11) is 0. The number of aliphatic carboxylic acids is 2. The summed E-state index contributed by atoms with van der Waals surface area (Å²) >= 11 is 2.05. The maximum Gasteiger partial charge on any atom is 2.00 e. The summed E-state index contributed by atoms with van der Waals surface area (Å²) < 4.78 is 0.176. The molecule has 1 heterocycles. The van der Waals surface area contributed by atoms with Gasteiger partial charge in [-0.1, -0.05) is 23.5 Å². The van der Waals surface area contributed by atoms with Gasteiger partial charge in [-0.05, 0) is 10.8 Å². The van der Waals surface area contributed by atoms with Crippen LogP contribution in [0.2, 0.25) is 0 Å². The topological polar surface area (TPSA) is 112 Å². The normalized spacial score (nSPS) is 12.7. The molecule has 72 valence electrons. The molecule has 2 N–H and O–H groups in total. The van der Waals surface area contributed by atoms with E-state index in [1.165, 1.54) is 0 Å². The van der Waals surface area contributed by atoms with E-state index in [0.29, 0.717) is 0 Å². The molecule has 5 nitrogen and oxygen atoms in total. The largest absolute Gasteiger partial charge is 2.00 e. The third-order valence-electron chi connectivity index (χ3n) is 1.02. The zero-order valence-corrected chi connectivity index (χ0v) is 12.9. The van der Waals surface area contributed by atoms with Crippen molar-refractivity contribution >= 4 is 84.3 Å². The minimum absolute atomic E-state index is 0. The minimum Gasteiger partial charge on any atom is -0.545 e. The SMILES string of the molecule is O.O=C([O-])C(C(=O)[O-])=C1SC=CS1.[Ba+2]. The predicted octanol–water partition coefficient (Wildman–Crippen LogP) is -2.56. The van der Waals surface area contributed by atoms with Crippen molar-refractivity contribution in [3.8, 4) is 0 Å². The van der Waals surface area contributed by atoms with Crippen LogP contribution >= 0.6 is 23.5 Å². The van der Waals surface area contributed by atoms with Crippen molar-refractivity contribution < 1.29 is 25.3 Å². The number of hydrogen-bond acceptors (Lipinski definition) is 6. The van der Waals surface area contributed by atoms with Gasteiger partial charge in [0, 0.05) is 5.57 Å². The van der Waals surface area contributed by atoms with Crippen molar-refractivity contribution in [2.24, 2.45) is 0 Å². The van der Waals surface area contributed by atoms with Crippen molar-refractivity contribution in [2.45, 2.75) is 0 Å². The van der Waals surface area contributed by atoms with Gasteiger partial charge in [-0.15, -0.1) is 0 Å². The van der Waals surface area contributed by atoms with E-state index in [-0.39, 0.29) is 58.6 Å². The molecule has 1 aliphatic rings. The molecule has 0 aromatic heterocycles. The van der Waals surface area contributed by atoms with E-state index in [2.05, 4.69) is 0 Å². The molecule has 14 heavy (non-hydrogen) atoms.